The van der Waals surface area contributed by atoms with E-state index in [1.54, 1.807) is 6.08 Å². The zero-order valence-electron chi connectivity index (χ0n) is 8.58. The second-order valence-corrected chi connectivity index (χ2v) is 3.73. The van der Waals surface area contributed by atoms with E-state index >= 15 is 0 Å². The van der Waals surface area contributed by atoms with Crippen molar-refractivity contribution in [3.05, 3.63) is 11.6 Å². The minimum absolute atomic E-state index is 0. The first kappa shape index (κ1) is 13.5. The first-order valence-electron chi connectivity index (χ1n) is 4.89. The van der Waals surface area contributed by atoms with Crippen LogP contribution in [0.1, 0.15) is 26.2 Å². The molecular formula is C10H19ClN2O. The molecule has 0 aromatic rings. The third-order valence-corrected chi connectivity index (χ3v) is 2.35. The Morgan fingerprint density at radius 1 is 1.71 bits per heavy atom. The molecule has 0 aromatic heterocycles. The number of hydrogen-bond acceptors (Lipinski definition) is 2. The maximum absolute atomic E-state index is 11.2. The van der Waals surface area contributed by atoms with Gasteiger partial charge in [0.1, 0.15) is 0 Å². The first-order valence-corrected chi connectivity index (χ1v) is 4.89. The van der Waals surface area contributed by atoms with Crippen LogP contribution in [0, 0.1) is 5.92 Å². The molecule has 0 saturated heterocycles. The summed E-state index contributed by atoms with van der Waals surface area (Å²) in [7, 11) is 0. The maximum Gasteiger partial charge on any atom is 0.243 e. The summed E-state index contributed by atoms with van der Waals surface area (Å²) in [6.07, 6.45) is 5.11. The largest absolute Gasteiger partial charge is 0.351 e. The summed E-state index contributed by atoms with van der Waals surface area (Å²) in [6, 6.07) is 0. The summed E-state index contributed by atoms with van der Waals surface area (Å²) < 4.78 is 0. The highest BCUT2D eigenvalue weighted by Crippen LogP contribution is 2.29. The Hall–Kier alpha value is -0.540. The molecule has 1 aliphatic rings. The second kappa shape index (κ2) is 6.85. The van der Waals surface area contributed by atoms with Gasteiger partial charge in [0.05, 0.1) is 0 Å². The van der Waals surface area contributed by atoms with Crippen LogP contribution in [0.2, 0.25) is 0 Å². The Bertz CT molecular complexity index is 216. The van der Waals surface area contributed by atoms with E-state index in [1.807, 2.05) is 0 Å². The molecule has 1 aliphatic carbocycles. The average molecular weight is 219 g/mol. The standard InChI is InChI=1S/C10H18N2O.ClH/c1-8-2-3-9(6-8)7-10(13)12-5-4-11;/h7-8H,2-6,11H2,1H3,(H,12,13);1H/b9-7-;. The first-order chi connectivity index (χ1) is 6.22. The number of halogens is 1. The molecule has 0 bridgehead atoms. The minimum Gasteiger partial charge on any atom is -0.351 e. The smallest absolute Gasteiger partial charge is 0.243 e. The number of carbonyl (C=O) groups is 1. The van der Waals surface area contributed by atoms with E-state index in [9.17, 15) is 4.79 Å². The topological polar surface area (TPSA) is 55.1 Å². The molecule has 4 heteroatoms. The summed E-state index contributed by atoms with van der Waals surface area (Å²) in [5, 5.41) is 2.73. The lowest BCUT2D eigenvalue weighted by atomic mass is 10.1. The molecule has 1 saturated carbocycles. The Morgan fingerprint density at radius 3 is 2.93 bits per heavy atom. The van der Waals surface area contributed by atoms with Crippen LogP contribution >= 0.6 is 12.4 Å². The summed E-state index contributed by atoms with van der Waals surface area (Å²) in [6.45, 7) is 3.29. The predicted octanol–water partition coefficient (Wildman–Crippen LogP) is 1.23. The average Bonchev–Trinajstić information content (AvgIpc) is 2.48. The van der Waals surface area contributed by atoms with Crippen molar-refractivity contribution in [3.63, 3.8) is 0 Å². The van der Waals surface area contributed by atoms with Crippen LogP contribution in [0.25, 0.3) is 0 Å². The fraction of sp³-hybridized carbons (Fsp3) is 0.700. The van der Waals surface area contributed by atoms with Gasteiger partial charge in [-0.15, -0.1) is 12.4 Å². The van der Waals surface area contributed by atoms with Crippen LogP contribution in [0.3, 0.4) is 0 Å². The van der Waals surface area contributed by atoms with Crippen molar-refractivity contribution >= 4 is 18.3 Å². The van der Waals surface area contributed by atoms with E-state index in [0.29, 0.717) is 13.1 Å². The molecule has 3 nitrogen and oxygen atoms in total. The SMILES string of the molecule is CC1CC/C(=C/C(=O)NCCN)C1.Cl. The fourth-order valence-electron chi connectivity index (χ4n) is 1.65. The Labute approximate surface area is 91.5 Å². The number of allylic oxidation sites excluding steroid dienone is 1. The molecule has 0 aliphatic heterocycles. The molecule has 1 unspecified atom stereocenters. The van der Waals surface area contributed by atoms with Crippen molar-refractivity contribution in [1.29, 1.82) is 0 Å². The van der Waals surface area contributed by atoms with Gasteiger partial charge in [-0.2, -0.15) is 0 Å². The summed E-state index contributed by atoms with van der Waals surface area (Å²) >= 11 is 0. The second-order valence-electron chi connectivity index (χ2n) is 3.73. The van der Waals surface area contributed by atoms with Crippen LogP contribution in [-0.4, -0.2) is 19.0 Å². The number of rotatable bonds is 3. The molecule has 0 spiro atoms. The van der Waals surface area contributed by atoms with Crippen molar-refractivity contribution in [2.24, 2.45) is 11.7 Å². The molecular weight excluding hydrogens is 200 g/mol. The Morgan fingerprint density at radius 2 is 2.43 bits per heavy atom. The molecule has 0 radical (unpaired) electrons. The van der Waals surface area contributed by atoms with E-state index in [1.165, 1.54) is 12.0 Å². The van der Waals surface area contributed by atoms with Gasteiger partial charge in [-0.3, -0.25) is 4.79 Å². The van der Waals surface area contributed by atoms with Crippen LogP contribution < -0.4 is 11.1 Å². The Balaban J connectivity index is 0.00000169. The number of nitrogens with one attached hydrogen (secondary N) is 1. The van der Waals surface area contributed by atoms with Crippen LogP contribution in [0.5, 0.6) is 0 Å². The predicted molar refractivity (Wildman–Crippen MR) is 60.4 cm³/mol. The molecule has 1 atom stereocenters. The normalized spacial score (nSPS) is 23.3. The lowest BCUT2D eigenvalue weighted by Gasteiger charge is -2.00. The van der Waals surface area contributed by atoms with Gasteiger partial charge in [0, 0.05) is 19.2 Å². The van der Waals surface area contributed by atoms with Crippen molar-refractivity contribution in [3.8, 4) is 0 Å². The molecule has 0 heterocycles. The van der Waals surface area contributed by atoms with E-state index in [4.69, 9.17) is 5.73 Å². The number of carbonyl (C=O) groups excluding carboxylic acids is 1. The highest BCUT2D eigenvalue weighted by molar-refractivity contribution is 5.88. The molecule has 3 N–H and O–H groups in total. The summed E-state index contributed by atoms with van der Waals surface area (Å²) in [5.41, 5.74) is 6.55. The zero-order chi connectivity index (χ0) is 9.68. The highest BCUT2D eigenvalue weighted by Gasteiger charge is 2.15. The maximum atomic E-state index is 11.2. The molecule has 82 valence electrons. The van der Waals surface area contributed by atoms with Gasteiger partial charge in [-0.25, -0.2) is 0 Å². The minimum atomic E-state index is 0. The van der Waals surface area contributed by atoms with Gasteiger partial charge < -0.3 is 11.1 Å². The van der Waals surface area contributed by atoms with Crippen molar-refractivity contribution in [2.45, 2.75) is 26.2 Å². The van der Waals surface area contributed by atoms with Crippen LogP contribution in [0.15, 0.2) is 11.6 Å². The van der Waals surface area contributed by atoms with Crippen molar-refractivity contribution in [2.75, 3.05) is 13.1 Å². The molecule has 0 aromatic carbocycles. The van der Waals surface area contributed by atoms with Crippen LogP contribution in [-0.2, 0) is 4.79 Å². The van der Waals surface area contributed by atoms with Crippen LogP contribution in [0.4, 0.5) is 0 Å². The number of nitrogens with two attached hydrogens (primary N) is 1. The lowest BCUT2D eigenvalue weighted by Crippen LogP contribution is -2.27. The van der Waals surface area contributed by atoms with Gasteiger partial charge in [-0.1, -0.05) is 12.5 Å². The van der Waals surface area contributed by atoms with Crippen molar-refractivity contribution < 1.29 is 4.79 Å². The van der Waals surface area contributed by atoms with Gasteiger partial charge >= 0.3 is 0 Å². The molecule has 1 fully saturated rings. The fourth-order valence-corrected chi connectivity index (χ4v) is 1.65. The highest BCUT2D eigenvalue weighted by atomic mass is 35.5. The van der Waals surface area contributed by atoms with E-state index in [0.717, 1.165) is 18.8 Å². The van der Waals surface area contributed by atoms with E-state index in [-0.39, 0.29) is 18.3 Å². The third-order valence-electron chi connectivity index (χ3n) is 2.35. The molecule has 1 amide bonds. The quantitative estimate of drug-likeness (QED) is 0.701. The third kappa shape index (κ3) is 4.63. The van der Waals surface area contributed by atoms with Gasteiger partial charge in [0.15, 0.2) is 0 Å². The molecule has 14 heavy (non-hydrogen) atoms. The van der Waals surface area contributed by atoms with E-state index < -0.39 is 0 Å². The summed E-state index contributed by atoms with van der Waals surface area (Å²) in [4.78, 5) is 11.2. The van der Waals surface area contributed by atoms with Crippen molar-refractivity contribution in [1.82, 2.24) is 5.32 Å². The van der Waals surface area contributed by atoms with Gasteiger partial charge in [0.2, 0.25) is 5.91 Å². The summed E-state index contributed by atoms with van der Waals surface area (Å²) in [5.74, 6) is 0.753. The number of amides is 1. The van der Waals surface area contributed by atoms with E-state index in [2.05, 4.69) is 12.2 Å². The lowest BCUT2D eigenvalue weighted by molar-refractivity contribution is -0.116. The van der Waals surface area contributed by atoms with Gasteiger partial charge in [0.25, 0.3) is 0 Å². The number of hydrogen-bond donors (Lipinski definition) is 2. The zero-order valence-corrected chi connectivity index (χ0v) is 9.40. The molecule has 1 rings (SSSR count). The van der Waals surface area contributed by atoms with Gasteiger partial charge in [-0.05, 0) is 25.2 Å². The Kier molecular flexibility index (Phi) is 6.58. The monoisotopic (exact) mass is 218 g/mol.